The molecule has 2 aromatic rings. The van der Waals surface area contributed by atoms with Crippen LogP contribution >= 0.6 is 0 Å². The van der Waals surface area contributed by atoms with Gasteiger partial charge in [0.2, 0.25) is 0 Å². The van der Waals surface area contributed by atoms with E-state index in [0.29, 0.717) is 6.10 Å². The van der Waals surface area contributed by atoms with Crippen LogP contribution in [0.2, 0.25) is 0 Å². The number of ether oxygens (including phenoxy) is 4. The zero-order valence-corrected chi connectivity index (χ0v) is 17.7. The normalized spacial score (nSPS) is 29.9. The second-order valence-electron chi connectivity index (χ2n) is 9.51. The second-order valence-corrected chi connectivity index (χ2v) is 9.51. The molecule has 0 amide bonds. The molecule has 4 heterocycles. The number of epoxide rings is 4. The Morgan fingerprint density at radius 2 is 1.26 bits per heavy atom. The van der Waals surface area contributed by atoms with Crippen molar-refractivity contribution in [2.45, 2.75) is 55.5 Å². The molecular formula is C25H30N2O4. The summed E-state index contributed by atoms with van der Waals surface area (Å²) >= 11 is 0. The quantitative estimate of drug-likeness (QED) is 0.451. The number of benzene rings is 2. The molecule has 4 aliphatic heterocycles. The molecule has 4 unspecified atom stereocenters. The van der Waals surface area contributed by atoms with E-state index < -0.39 is 0 Å². The topological polar surface area (TPSA) is 102 Å². The van der Waals surface area contributed by atoms with Crippen molar-refractivity contribution in [2.24, 2.45) is 0 Å². The van der Waals surface area contributed by atoms with Gasteiger partial charge < -0.3 is 30.4 Å². The number of hydrogen-bond acceptors (Lipinski definition) is 6. The molecule has 0 aromatic heterocycles. The minimum Gasteiger partial charge on any atom is -0.399 e. The Morgan fingerprint density at radius 3 is 1.81 bits per heavy atom. The Hall–Kier alpha value is -2.12. The first-order chi connectivity index (χ1) is 15.1. The van der Waals surface area contributed by atoms with Gasteiger partial charge in [-0.2, -0.15) is 0 Å². The van der Waals surface area contributed by atoms with Crippen molar-refractivity contribution in [1.82, 2.24) is 0 Å². The molecule has 0 aliphatic carbocycles. The third-order valence-corrected chi connectivity index (χ3v) is 7.07. The maximum Gasteiger partial charge on any atom is 0.0851 e. The minimum atomic E-state index is -0.233. The van der Waals surface area contributed by atoms with Crippen molar-refractivity contribution in [3.8, 4) is 0 Å². The van der Waals surface area contributed by atoms with Crippen LogP contribution in [-0.2, 0) is 37.2 Å². The Kier molecular flexibility index (Phi) is 4.72. The van der Waals surface area contributed by atoms with Crippen molar-refractivity contribution >= 4 is 11.4 Å². The lowest BCUT2D eigenvalue weighted by atomic mass is 9.66. The molecule has 164 valence electrons. The van der Waals surface area contributed by atoms with Crippen LogP contribution in [0.5, 0.6) is 0 Å². The van der Waals surface area contributed by atoms with Gasteiger partial charge >= 0.3 is 0 Å². The number of nitrogens with two attached hydrogens (primary N) is 2. The van der Waals surface area contributed by atoms with Gasteiger partial charge in [-0.1, -0.05) is 24.3 Å². The van der Waals surface area contributed by atoms with Crippen LogP contribution in [0.15, 0.2) is 36.4 Å². The van der Waals surface area contributed by atoms with Crippen LogP contribution in [-0.4, -0.2) is 50.8 Å². The summed E-state index contributed by atoms with van der Waals surface area (Å²) in [7, 11) is 0. The van der Waals surface area contributed by atoms with Crippen molar-refractivity contribution < 1.29 is 18.9 Å². The van der Waals surface area contributed by atoms with E-state index in [9.17, 15) is 0 Å². The van der Waals surface area contributed by atoms with Crippen molar-refractivity contribution in [3.63, 3.8) is 0 Å². The van der Waals surface area contributed by atoms with Gasteiger partial charge in [0, 0.05) is 29.6 Å². The fourth-order valence-electron chi connectivity index (χ4n) is 5.05. The fourth-order valence-corrected chi connectivity index (χ4v) is 5.05. The first kappa shape index (κ1) is 19.6. The Bertz CT molecular complexity index is 946. The Balaban J connectivity index is 1.49. The van der Waals surface area contributed by atoms with Crippen LogP contribution < -0.4 is 11.5 Å². The smallest absolute Gasteiger partial charge is 0.0851 e. The van der Waals surface area contributed by atoms with E-state index in [1.165, 1.54) is 22.3 Å². The fraction of sp³-hybridized carbons (Fsp3) is 0.520. The summed E-state index contributed by atoms with van der Waals surface area (Å²) < 4.78 is 22.6. The molecule has 6 heteroatoms. The van der Waals surface area contributed by atoms with Crippen LogP contribution in [0.4, 0.5) is 11.4 Å². The largest absolute Gasteiger partial charge is 0.399 e. The lowest BCUT2D eigenvalue weighted by Gasteiger charge is -2.37. The maximum absolute atomic E-state index is 6.83. The van der Waals surface area contributed by atoms with E-state index in [0.717, 1.165) is 63.5 Å². The highest BCUT2D eigenvalue weighted by molar-refractivity contribution is 5.62. The van der Waals surface area contributed by atoms with Crippen LogP contribution in [0.1, 0.15) is 35.1 Å². The maximum atomic E-state index is 6.83. The van der Waals surface area contributed by atoms with Gasteiger partial charge in [-0.3, -0.25) is 0 Å². The summed E-state index contributed by atoms with van der Waals surface area (Å²) in [6.07, 6.45) is 4.64. The molecule has 0 bridgehead atoms. The summed E-state index contributed by atoms with van der Waals surface area (Å²) in [5.74, 6) is 0. The number of nitrogen functional groups attached to an aromatic ring is 2. The lowest BCUT2D eigenvalue weighted by molar-refractivity contribution is 0.298. The molecule has 4 N–H and O–H groups in total. The average Bonchev–Trinajstić information content (AvgIpc) is 3.60. The van der Waals surface area contributed by atoms with E-state index in [2.05, 4.69) is 24.3 Å². The van der Waals surface area contributed by atoms with Crippen LogP contribution in [0.25, 0.3) is 0 Å². The van der Waals surface area contributed by atoms with Gasteiger partial charge in [-0.05, 0) is 47.2 Å². The summed E-state index contributed by atoms with van der Waals surface area (Å²) in [6.45, 7) is 3.27. The number of anilines is 2. The van der Waals surface area contributed by atoms with Gasteiger partial charge in [-0.25, -0.2) is 0 Å². The molecule has 0 saturated carbocycles. The Labute approximate surface area is 182 Å². The third-order valence-electron chi connectivity index (χ3n) is 7.07. The third kappa shape index (κ3) is 4.17. The first-order valence-corrected chi connectivity index (χ1v) is 11.3. The Morgan fingerprint density at radius 1 is 0.710 bits per heavy atom. The molecule has 6 rings (SSSR count). The standard InChI is InChI=1S/C25H30N2O4/c26-17-4-2-16(3-5-17)25(9-20-13-30-20,10-21-14-31-21)23-6-1-15(7-18-11-28-18)24(27)22(23)8-19-12-29-19/h1-6,18-21H,7-14,26-27H2. The monoisotopic (exact) mass is 422 g/mol. The second kappa shape index (κ2) is 7.48. The van der Waals surface area contributed by atoms with Gasteiger partial charge in [0.25, 0.3) is 0 Å². The van der Waals surface area contributed by atoms with Gasteiger partial charge in [0.1, 0.15) is 0 Å². The molecule has 4 atom stereocenters. The summed E-state index contributed by atoms with van der Waals surface area (Å²) in [4.78, 5) is 0. The van der Waals surface area contributed by atoms with E-state index in [1.807, 2.05) is 12.1 Å². The lowest BCUT2D eigenvalue weighted by Crippen LogP contribution is -2.34. The average molecular weight is 423 g/mol. The van der Waals surface area contributed by atoms with Crippen molar-refractivity contribution in [2.75, 3.05) is 37.9 Å². The van der Waals surface area contributed by atoms with Crippen LogP contribution in [0.3, 0.4) is 0 Å². The van der Waals surface area contributed by atoms with Gasteiger partial charge in [0.05, 0.1) is 50.8 Å². The molecular weight excluding hydrogens is 392 g/mol. The molecule has 4 fully saturated rings. The van der Waals surface area contributed by atoms with Crippen molar-refractivity contribution in [3.05, 3.63) is 58.7 Å². The van der Waals surface area contributed by atoms with Crippen LogP contribution in [0, 0.1) is 0 Å². The van der Waals surface area contributed by atoms with E-state index >= 15 is 0 Å². The number of hydrogen-bond donors (Lipinski definition) is 2. The van der Waals surface area contributed by atoms with Gasteiger partial charge in [-0.15, -0.1) is 0 Å². The minimum absolute atomic E-state index is 0.233. The highest BCUT2D eigenvalue weighted by Gasteiger charge is 2.46. The predicted molar refractivity (Wildman–Crippen MR) is 118 cm³/mol. The highest BCUT2D eigenvalue weighted by atomic mass is 16.6. The first-order valence-electron chi connectivity index (χ1n) is 11.3. The summed E-state index contributed by atoms with van der Waals surface area (Å²) in [6, 6.07) is 12.8. The van der Waals surface area contributed by atoms with E-state index in [4.69, 9.17) is 30.4 Å². The van der Waals surface area contributed by atoms with Gasteiger partial charge in [0.15, 0.2) is 0 Å². The molecule has 31 heavy (non-hydrogen) atoms. The molecule has 0 radical (unpaired) electrons. The molecule has 2 aromatic carbocycles. The summed E-state index contributed by atoms with van der Waals surface area (Å²) in [5, 5.41) is 0. The molecule has 0 spiro atoms. The van der Waals surface area contributed by atoms with E-state index in [-0.39, 0.29) is 23.7 Å². The zero-order chi connectivity index (χ0) is 21.0. The molecule has 4 aliphatic rings. The highest BCUT2D eigenvalue weighted by Crippen LogP contribution is 2.48. The summed E-state index contributed by atoms with van der Waals surface area (Å²) in [5.41, 5.74) is 19.3. The SMILES string of the molecule is Nc1ccc(C(CC2CO2)(CC2CO2)c2ccc(CC3CO3)c(N)c2CC2CO2)cc1. The molecule has 6 nitrogen and oxygen atoms in total. The predicted octanol–water partition coefficient (Wildman–Crippen LogP) is 2.60. The van der Waals surface area contributed by atoms with Crippen molar-refractivity contribution in [1.29, 1.82) is 0 Å². The van der Waals surface area contributed by atoms with E-state index in [1.54, 1.807) is 0 Å². The number of rotatable bonds is 10. The zero-order valence-electron chi connectivity index (χ0n) is 17.7. The molecule has 4 saturated heterocycles.